The molecule has 0 bridgehead atoms. The maximum atomic E-state index is 8.33. The van der Waals surface area contributed by atoms with Gasteiger partial charge in [0.15, 0.2) is 0 Å². The molecule has 0 aliphatic rings. The minimum atomic E-state index is -2.33. The van der Waals surface area contributed by atoms with Crippen LogP contribution >= 0.6 is 0 Å². The molecule has 0 fully saturated rings. The molecule has 13 heavy (non-hydrogen) atoms. The van der Waals surface area contributed by atoms with Gasteiger partial charge >= 0.3 is 96.9 Å². The van der Waals surface area contributed by atoms with Crippen LogP contribution in [-0.4, -0.2) is 61.0 Å². The van der Waals surface area contributed by atoms with Crippen LogP contribution in [0.1, 0.15) is 0 Å². The van der Waals surface area contributed by atoms with Crippen LogP contribution in [0, 0.1) is 0 Å². The number of hydrogen-bond acceptors (Lipinski definition) is 6. The van der Waals surface area contributed by atoms with Crippen LogP contribution in [0.3, 0.4) is 0 Å². The maximum absolute atomic E-state index is 8.33. The molecule has 0 rings (SSSR count). The number of hydrogen-bond donors (Lipinski definition) is 0. The van der Waals surface area contributed by atoms with Gasteiger partial charge in [0.2, 0.25) is 0 Å². The van der Waals surface area contributed by atoms with Gasteiger partial charge in [-0.15, -0.1) is 0 Å². The third kappa shape index (κ3) is 637. The van der Waals surface area contributed by atoms with E-state index in [-0.39, 0.29) is 108 Å². The predicted octanol–water partition coefficient (Wildman–Crippen LogP) is -12.9. The Morgan fingerprint density at radius 2 is 0.692 bits per heavy atom. The fourth-order valence-corrected chi connectivity index (χ4v) is 0. The van der Waals surface area contributed by atoms with Gasteiger partial charge in [-0.2, -0.15) is 0 Å². The zero-order valence-corrected chi connectivity index (χ0v) is 13.4. The Kier molecular flexibility index (Phi) is 133. The van der Waals surface area contributed by atoms with Gasteiger partial charge in [-0.05, 0) is 12.3 Å². The van der Waals surface area contributed by atoms with Crippen molar-refractivity contribution in [1.29, 1.82) is 0 Å². The molecule has 0 aliphatic carbocycles. The second-order valence-corrected chi connectivity index (χ2v) is 0.500. The average Bonchev–Trinajstić information content (AvgIpc) is 1.25. The minimum absolute atomic E-state index is 0. The third-order valence-electron chi connectivity index (χ3n) is 0. The molecule has 0 aromatic heterocycles. The van der Waals surface area contributed by atoms with Gasteiger partial charge in [-0.25, -0.2) is 0 Å². The summed E-state index contributed by atoms with van der Waals surface area (Å²) in [7, 11) is 0. The van der Waals surface area contributed by atoms with Gasteiger partial charge < -0.3 is 41.0 Å². The largest absolute Gasteiger partial charge is 2.00 e. The number of carbonyl (C=O) groups excluding carboxylic acids is 2. The van der Waals surface area contributed by atoms with E-state index in [0.29, 0.717) is 0 Å². The first kappa shape index (κ1) is 46.5. The van der Waals surface area contributed by atoms with Crippen LogP contribution < -0.4 is 79.5 Å². The van der Waals surface area contributed by atoms with E-state index in [4.69, 9.17) is 30.0 Å². The summed E-state index contributed by atoms with van der Waals surface area (Å²) >= 11 is 0. The molecular weight excluding hydrogens is 238 g/mol. The van der Waals surface area contributed by atoms with Gasteiger partial charge in [-0.3, -0.25) is 0 Å². The first-order chi connectivity index (χ1) is 3.46. The number of carbonyl (C=O) groups is 2. The Labute approximate surface area is 148 Å². The van der Waals surface area contributed by atoms with E-state index in [2.05, 4.69) is 0 Å². The van der Waals surface area contributed by atoms with Crippen LogP contribution in [0.4, 0.5) is 9.59 Å². The Hall–Kier alpha value is 1.72. The van der Waals surface area contributed by atoms with Crippen LogP contribution in [-0.2, 0) is 0 Å². The zero-order valence-electron chi connectivity index (χ0n) is 7.16. The molecule has 0 aromatic carbocycles. The van der Waals surface area contributed by atoms with Crippen molar-refractivity contribution in [2.45, 2.75) is 0 Å². The van der Waals surface area contributed by atoms with Gasteiger partial charge in [0, 0.05) is 0 Å². The van der Waals surface area contributed by atoms with Crippen molar-refractivity contribution >= 4 is 50.0 Å². The van der Waals surface area contributed by atoms with Crippen molar-refractivity contribution in [1.82, 2.24) is 0 Å². The second kappa shape index (κ2) is 37.2. The van der Waals surface area contributed by atoms with E-state index < -0.39 is 12.3 Å². The van der Waals surface area contributed by atoms with Crippen molar-refractivity contribution in [2.24, 2.45) is 0 Å². The van der Waals surface area contributed by atoms with Crippen LogP contribution in [0.2, 0.25) is 0 Å². The summed E-state index contributed by atoms with van der Waals surface area (Å²) in [4.78, 5) is 16.7. The molecule has 0 aliphatic heterocycles. The molecule has 0 radical (unpaired) electrons. The predicted molar refractivity (Wildman–Crippen MR) is 23.8 cm³/mol. The summed E-state index contributed by atoms with van der Waals surface area (Å²) in [6.07, 6.45) is -4.67. The monoisotopic (exact) mass is 242 g/mol. The topological polar surface area (TPSA) is 189 Å². The van der Waals surface area contributed by atoms with Gasteiger partial charge in [0.1, 0.15) is 0 Å². The van der Waals surface area contributed by atoms with Crippen LogP contribution in [0.5, 0.6) is 0 Å². The molecule has 0 saturated heterocycles. The first-order valence-corrected chi connectivity index (χ1v) is 1.22. The zero-order chi connectivity index (χ0) is 7.15. The quantitative estimate of drug-likeness (QED) is 0.378. The summed E-state index contributed by atoms with van der Waals surface area (Å²) in [5.41, 5.74) is 0. The van der Waals surface area contributed by atoms with E-state index in [1.807, 2.05) is 0 Å². The van der Waals surface area contributed by atoms with Gasteiger partial charge in [0.25, 0.3) is 0 Å². The normalized spacial score (nSPS) is 3.69. The SMILES string of the molecule is O.O.O=C([O-])[O-].O=C([O-])[O-].[Ca+2].[Na+].[Na+]. The summed E-state index contributed by atoms with van der Waals surface area (Å²) < 4.78 is 0. The first-order valence-electron chi connectivity index (χ1n) is 1.22. The molecule has 8 nitrogen and oxygen atoms in total. The molecule has 0 saturated carbocycles. The molecule has 0 spiro atoms. The molecule has 0 amide bonds. The molecule has 0 aromatic rings. The van der Waals surface area contributed by atoms with Crippen molar-refractivity contribution in [2.75, 3.05) is 0 Å². The van der Waals surface area contributed by atoms with E-state index in [1.54, 1.807) is 0 Å². The fraction of sp³-hybridized carbons (Fsp3) is 0. The third-order valence-corrected chi connectivity index (χ3v) is 0. The standard InChI is InChI=1S/2CH2O3.Ca.2Na.2H2O/c2*2-1(3)4;;;;;/h2*(H2,2,3,4);;;;2*1H2/q;;+2;2*+1;;/p-4. The molecule has 0 unspecified atom stereocenters. The van der Waals surface area contributed by atoms with Crippen molar-refractivity contribution in [3.63, 3.8) is 0 Å². The molecule has 0 heterocycles. The van der Waals surface area contributed by atoms with Gasteiger partial charge in [-0.1, -0.05) is 0 Å². The van der Waals surface area contributed by atoms with Crippen LogP contribution in [0.15, 0.2) is 0 Å². The summed E-state index contributed by atoms with van der Waals surface area (Å²) in [5.74, 6) is 0. The summed E-state index contributed by atoms with van der Waals surface area (Å²) in [6.45, 7) is 0. The molecular formula is C2H4CaNa2O8. The second-order valence-electron chi connectivity index (χ2n) is 0.500. The van der Waals surface area contributed by atoms with Gasteiger partial charge in [0.05, 0.1) is 0 Å². The number of rotatable bonds is 0. The smallest absolute Gasteiger partial charge is 0.652 e. The molecule has 64 valence electrons. The Morgan fingerprint density at radius 1 is 0.692 bits per heavy atom. The van der Waals surface area contributed by atoms with Crippen molar-refractivity contribution in [3.05, 3.63) is 0 Å². The number of carboxylic acid groups (broad SMARTS) is 4. The van der Waals surface area contributed by atoms with E-state index in [1.165, 1.54) is 0 Å². The molecule has 4 N–H and O–H groups in total. The molecule has 11 heteroatoms. The Balaban J connectivity index is -0.00000000800. The minimum Gasteiger partial charge on any atom is -0.652 e. The summed E-state index contributed by atoms with van der Waals surface area (Å²) in [6, 6.07) is 0. The maximum Gasteiger partial charge on any atom is 2.00 e. The van der Waals surface area contributed by atoms with Crippen LogP contribution in [0.25, 0.3) is 0 Å². The van der Waals surface area contributed by atoms with E-state index in [0.717, 1.165) is 0 Å². The average molecular weight is 242 g/mol. The van der Waals surface area contributed by atoms with E-state index >= 15 is 0 Å². The van der Waals surface area contributed by atoms with Crippen molar-refractivity contribution < 1.29 is 100 Å². The van der Waals surface area contributed by atoms with Crippen molar-refractivity contribution in [3.8, 4) is 0 Å². The molecule has 0 atom stereocenters. The van der Waals surface area contributed by atoms with E-state index in [9.17, 15) is 0 Å². The summed E-state index contributed by atoms with van der Waals surface area (Å²) in [5, 5.41) is 33.3. The fourth-order valence-electron chi connectivity index (χ4n) is 0. The Bertz CT molecular complexity index is 78.1. The Morgan fingerprint density at radius 3 is 0.692 bits per heavy atom.